The summed E-state index contributed by atoms with van der Waals surface area (Å²) in [5.41, 5.74) is 1.43. The molecule has 1 aliphatic rings. The lowest BCUT2D eigenvalue weighted by molar-refractivity contribution is 0.0103. The molecule has 0 saturated carbocycles. The maximum atomic E-state index is 13.1. The molecule has 3 aromatic rings. The number of anilines is 1. The van der Waals surface area contributed by atoms with Crippen LogP contribution in [-0.2, 0) is 16.5 Å². The van der Waals surface area contributed by atoms with Gasteiger partial charge >= 0.3 is 5.97 Å². The topological polar surface area (TPSA) is 139 Å². The third kappa shape index (κ3) is 4.86. The van der Waals surface area contributed by atoms with Crippen LogP contribution in [0.3, 0.4) is 0 Å². The molecule has 0 spiro atoms. The first-order valence-electron chi connectivity index (χ1n) is 11.4. The molecule has 1 saturated heterocycles. The summed E-state index contributed by atoms with van der Waals surface area (Å²) in [6.45, 7) is 5.23. The number of rotatable bonds is 8. The van der Waals surface area contributed by atoms with Crippen molar-refractivity contribution in [3.63, 3.8) is 0 Å². The number of carbonyl (C=O) groups is 2. The number of nitrogens with zero attached hydrogens (tertiary/aromatic N) is 6. The van der Waals surface area contributed by atoms with Gasteiger partial charge in [0, 0.05) is 38.9 Å². The summed E-state index contributed by atoms with van der Waals surface area (Å²) < 4.78 is 12.5. The average molecular weight is 532 g/mol. The minimum absolute atomic E-state index is 0.0547. The summed E-state index contributed by atoms with van der Waals surface area (Å²) in [6, 6.07) is 2.03. The Hall–Kier alpha value is -3.27. The van der Waals surface area contributed by atoms with Crippen molar-refractivity contribution in [2.24, 2.45) is 13.0 Å². The number of H-pyrrole nitrogens is 1. The number of aryl methyl sites for hydroxylation is 2. The first-order chi connectivity index (χ1) is 17.3. The third-order valence-corrected chi connectivity index (χ3v) is 7.78. The quantitative estimate of drug-likeness (QED) is 0.342. The van der Waals surface area contributed by atoms with E-state index in [0.717, 1.165) is 0 Å². The van der Waals surface area contributed by atoms with Crippen molar-refractivity contribution in [2.75, 3.05) is 31.7 Å². The molecule has 36 heavy (non-hydrogen) atoms. The number of aromatic nitrogens is 5. The van der Waals surface area contributed by atoms with Crippen LogP contribution in [0.25, 0.3) is 11.5 Å². The van der Waals surface area contributed by atoms with Crippen molar-refractivity contribution in [3.05, 3.63) is 33.2 Å². The zero-order valence-electron chi connectivity index (χ0n) is 20.4. The zero-order valence-corrected chi connectivity index (χ0v) is 21.9. The number of piperidine rings is 1. The van der Waals surface area contributed by atoms with Crippen LogP contribution in [-0.4, -0.2) is 69.4 Å². The van der Waals surface area contributed by atoms with Crippen LogP contribution in [0.5, 0.6) is 0 Å². The number of esters is 1. The van der Waals surface area contributed by atoms with E-state index in [2.05, 4.69) is 20.0 Å². The summed E-state index contributed by atoms with van der Waals surface area (Å²) in [7, 11) is 3.05. The molecule has 0 amide bonds. The van der Waals surface area contributed by atoms with Crippen LogP contribution in [0.15, 0.2) is 6.33 Å². The summed E-state index contributed by atoms with van der Waals surface area (Å²) in [6.07, 6.45) is 2.05. The molecule has 4 rings (SSSR count). The van der Waals surface area contributed by atoms with Crippen molar-refractivity contribution in [1.29, 1.82) is 5.26 Å². The Morgan fingerprint density at radius 3 is 2.83 bits per heavy atom. The second-order valence-electron chi connectivity index (χ2n) is 8.41. The van der Waals surface area contributed by atoms with E-state index in [4.69, 9.17) is 26.1 Å². The fraction of sp³-hybridized carbons (Fsp3) is 0.478. The summed E-state index contributed by atoms with van der Waals surface area (Å²) in [4.78, 5) is 39.9. The van der Waals surface area contributed by atoms with E-state index in [1.165, 1.54) is 24.8 Å². The molecule has 13 heteroatoms. The Bertz CT molecular complexity index is 1320. The van der Waals surface area contributed by atoms with E-state index < -0.39 is 5.97 Å². The molecule has 0 aromatic carbocycles. The van der Waals surface area contributed by atoms with Gasteiger partial charge in [0.25, 0.3) is 0 Å². The van der Waals surface area contributed by atoms with E-state index in [1.54, 1.807) is 18.7 Å². The molecule has 0 radical (unpaired) electrons. The highest BCUT2D eigenvalue weighted by atomic mass is 35.5. The molecule has 0 bridgehead atoms. The van der Waals surface area contributed by atoms with Gasteiger partial charge in [-0.25, -0.2) is 19.4 Å². The maximum Gasteiger partial charge on any atom is 0.350 e. The Kier molecular flexibility index (Phi) is 7.73. The van der Waals surface area contributed by atoms with Gasteiger partial charge in [-0.15, -0.1) is 0 Å². The molecule has 0 aliphatic carbocycles. The van der Waals surface area contributed by atoms with Crippen LogP contribution < -0.4 is 4.90 Å². The lowest BCUT2D eigenvalue weighted by atomic mass is 9.88. The molecule has 190 valence electrons. The Morgan fingerprint density at radius 1 is 1.42 bits per heavy atom. The smallest absolute Gasteiger partial charge is 0.350 e. The minimum Gasteiger partial charge on any atom is -0.465 e. The molecule has 1 aliphatic heterocycles. The lowest BCUT2D eigenvalue weighted by Crippen LogP contribution is -2.46. The van der Waals surface area contributed by atoms with Crippen molar-refractivity contribution in [3.8, 4) is 17.6 Å². The predicted molar refractivity (Wildman–Crippen MR) is 133 cm³/mol. The molecule has 1 fully saturated rings. The average Bonchev–Trinajstić information content (AvgIpc) is 3.57. The van der Waals surface area contributed by atoms with Crippen LogP contribution in [0.4, 0.5) is 5.13 Å². The molecule has 2 atom stereocenters. The standard InChI is InChI=1S/C23H26ClN7O4S/c1-5-35-16-10-31(7-6-13(16)8-15(32)18-14(9-25)17(24)12(2)28-18)23-29-19(20(36-23)22(33)34-4)21-26-11-27-30(21)3/h11,13,16,28H,5-8,10H2,1-4H3/t13-,16-/m0/s1. The third-order valence-electron chi connectivity index (χ3n) is 6.21. The van der Waals surface area contributed by atoms with Gasteiger partial charge in [0.05, 0.1) is 23.8 Å². The zero-order chi connectivity index (χ0) is 26.0. The monoisotopic (exact) mass is 531 g/mol. The van der Waals surface area contributed by atoms with Gasteiger partial charge in [0.15, 0.2) is 16.7 Å². The number of ketones is 1. The van der Waals surface area contributed by atoms with Gasteiger partial charge in [-0.1, -0.05) is 22.9 Å². The van der Waals surface area contributed by atoms with Crippen molar-refractivity contribution >= 4 is 39.8 Å². The number of hydrogen-bond acceptors (Lipinski definition) is 10. The normalized spacial score (nSPS) is 17.7. The molecule has 11 nitrogen and oxygen atoms in total. The number of Topliss-reactive ketones (excluding diaryl/α,β-unsaturated/α-hetero) is 1. The van der Waals surface area contributed by atoms with Gasteiger partial charge in [-0.3, -0.25) is 4.79 Å². The highest BCUT2D eigenvalue weighted by molar-refractivity contribution is 7.17. The molecule has 0 unspecified atom stereocenters. The fourth-order valence-corrected chi connectivity index (χ4v) is 5.57. The highest BCUT2D eigenvalue weighted by Crippen LogP contribution is 2.36. The first kappa shape index (κ1) is 25.8. The highest BCUT2D eigenvalue weighted by Gasteiger charge is 2.35. The van der Waals surface area contributed by atoms with Crippen molar-refractivity contribution in [1.82, 2.24) is 24.7 Å². The van der Waals surface area contributed by atoms with Gasteiger partial charge in [-0.05, 0) is 26.2 Å². The van der Waals surface area contributed by atoms with Crippen molar-refractivity contribution in [2.45, 2.75) is 32.8 Å². The summed E-state index contributed by atoms with van der Waals surface area (Å²) in [5, 5.41) is 14.4. The van der Waals surface area contributed by atoms with E-state index >= 15 is 0 Å². The fourth-order valence-electron chi connectivity index (χ4n) is 4.37. The number of methoxy groups -OCH3 is 1. The number of aromatic amines is 1. The minimum atomic E-state index is -0.494. The van der Waals surface area contributed by atoms with E-state index in [0.29, 0.717) is 53.3 Å². The van der Waals surface area contributed by atoms with Gasteiger partial charge in [-0.2, -0.15) is 10.4 Å². The second kappa shape index (κ2) is 10.8. The van der Waals surface area contributed by atoms with Crippen LogP contribution in [0.2, 0.25) is 5.02 Å². The Morgan fingerprint density at radius 2 is 2.19 bits per heavy atom. The molecule has 1 N–H and O–H groups in total. The van der Waals surface area contributed by atoms with Crippen LogP contribution in [0.1, 0.15) is 51.2 Å². The SMILES string of the molecule is CCO[C@H]1CN(c2nc(-c3ncnn3C)c(C(=O)OC)s2)CC[C@H]1CC(=O)c1[nH]c(C)c(Cl)c1C#N. The number of hydrogen-bond donors (Lipinski definition) is 1. The number of nitriles is 1. The number of carbonyl (C=O) groups excluding carboxylic acids is 2. The van der Waals surface area contributed by atoms with Crippen molar-refractivity contribution < 1.29 is 19.1 Å². The molecular weight excluding hydrogens is 506 g/mol. The van der Waals surface area contributed by atoms with Crippen LogP contribution in [0, 0.1) is 24.2 Å². The van der Waals surface area contributed by atoms with Gasteiger partial charge in [0.2, 0.25) is 0 Å². The van der Waals surface area contributed by atoms with E-state index in [9.17, 15) is 14.9 Å². The largest absolute Gasteiger partial charge is 0.465 e. The number of nitrogens with one attached hydrogen (secondary N) is 1. The van der Waals surface area contributed by atoms with E-state index in [-0.39, 0.29) is 40.5 Å². The Balaban J connectivity index is 1.56. The number of halogens is 1. The molecular formula is C23H26ClN7O4S. The summed E-state index contributed by atoms with van der Waals surface area (Å²) in [5.74, 6) is -0.253. The second-order valence-corrected chi connectivity index (χ2v) is 9.77. The summed E-state index contributed by atoms with van der Waals surface area (Å²) >= 11 is 7.40. The lowest BCUT2D eigenvalue weighted by Gasteiger charge is -2.38. The maximum absolute atomic E-state index is 13.1. The Labute approximate surface area is 217 Å². The van der Waals surface area contributed by atoms with Gasteiger partial charge < -0.3 is 19.4 Å². The van der Waals surface area contributed by atoms with E-state index in [1.807, 2.05) is 13.0 Å². The molecule has 3 aromatic heterocycles. The van der Waals surface area contributed by atoms with Crippen LogP contribution >= 0.6 is 22.9 Å². The first-order valence-corrected chi connectivity index (χ1v) is 12.6. The number of thiazole rings is 1. The predicted octanol–water partition coefficient (Wildman–Crippen LogP) is 3.39. The molecule has 4 heterocycles. The van der Waals surface area contributed by atoms with Gasteiger partial charge in [0.1, 0.15) is 28.7 Å². The number of ether oxygens (including phenoxy) is 2.